The van der Waals surface area contributed by atoms with E-state index < -0.39 is 18.3 Å². The maximum Gasteiger partial charge on any atom is 0.249 e. The van der Waals surface area contributed by atoms with E-state index in [1.165, 1.54) is 6.42 Å². The molecule has 0 aromatic rings. The molecule has 0 heterocycles. The highest BCUT2D eigenvalue weighted by molar-refractivity contribution is 4.79. The summed E-state index contributed by atoms with van der Waals surface area (Å²) in [6.07, 6.45) is 0.811. The second-order valence-corrected chi connectivity index (χ2v) is 4.98. The number of alkyl halides is 4. The van der Waals surface area contributed by atoms with Gasteiger partial charge in [0.05, 0.1) is 5.41 Å². The van der Waals surface area contributed by atoms with Gasteiger partial charge < -0.3 is 0 Å². The van der Waals surface area contributed by atoms with Crippen LogP contribution in [0.25, 0.3) is 0 Å². The fourth-order valence-corrected chi connectivity index (χ4v) is 1.78. The average Bonchev–Trinajstić information content (AvgIpc) is 2.27. The quantitative estimate of drug-likeness (QED) is 0.349. The molecule has 0 aromatic carbocycles. The summed E-state index contributed by atoms with van der Waals surface area (Å²) in [6.45, 7) is 3.11. The lowest BCUT2D eigenvalue weighted by Gasteiger charge is -2.27. The Bertz CT molecular complexity index is 172. The summed E-state index contributed by atoms with van der Waals surface area (Å²) in [7, 11) is 0. The normalized spacial score (nSPS) is 12.7. The topological polar surface area (TPSA) is 0 Å². The summed E-state index contributed by atoms with van der Waals surface area (Å²) in [5.41, 5.74) is -2.12. The maximum absolute atomic E-state index is 12.5. The van der Waals surface area contributed by atoms with Crippen molar-refractivity contribution >= 4 is 0 Å². The van der Waals surface area contributed by atoms with Crippen LogP contribution in [0.5, 0.6) is 0 Å². The Labute approximate surface area is 102 Å². The molecule has 0 unspecified atom stereocenters. The van der Waals surface area contributed by atoms with Gasteiger partial charge in [0.1, 0.15) is 0 Å². The van der Waals surface area contributed by atoms with Crippen LogP contribution in [0.4, 0.5) is 17.6 Å². The molecule has 0 amide bonds. The summed E-state index contributed by atoms with van der Waals surface area (Å²) in [4.78, 5) is 0. The highest BCUT2D eigenvalue weighted by atomic mass is 19.3. The Morgan fingerprint density at radius 1 is 0.765 bits per heavy atom. The minimum absolute atomic E-state index is 0.0872. The maximum atomic E-state index is 12.5. The van der Waals surface area contributed by atoms with Crippen molar-refractivity contribution in [1.82, 2.24) is 0 Å². The highest BCUT2D eigenvalue weighted by Gasteiger charge is 2.43. The molecule has 0 aliphatic carbocycles. The van der Waals surface area contributed by atoms with Crippen LogP contribution in [-0.4, -0.2) is 12.9 Å². The van der Waals surface area contributed by atoms with Gasteiger partial charge >= 0.3 is 0 Å². The smallest absolute Gasteiger partial charge is 0.210 e. The minimum Gasteiger partial charge on any atom is -0.210 e. The van der Waals surface area contributed by atoms with Crippen molar-refractivity contribution in [1.29, 1.82) is 0 Å². The lowest BCUT2D eigenvalue weighted by atomic mass is 9.85. The van der Waals surface area contributed by atoms with Crippen LogP contribution in [0.15, 0.2) is 0 Å². The van der Waals surface area contributed by atoms with Crippen LogP contribution in [0, 0.1) is 5.41 Å². The lowest BCUT2D eigenvalue weighted by Crippen LogP contribution is -2.33. The van der Waals surface area contributed by atoms with E-state index in [0.29, 0.717) is 6.42 Å². The van der Waals surface area contributed by atoms with Gasteiger partial charge in [-0.1, -0.05) is 51.9 Å². The summed E-state index contributed by atoms with van der Waals surface area (Å²) < 4.78 is 50.1. The summed E-state index contributed by atoms with van der Waals surface area (Å²) in [5.74, 6) is 0. The first kappa shape index (κ1) is 16.7. The van der Waals surface area contributed by atoms with E-state index >= 15 is 0 Å². The van der Waals surface area contributed by atoms with Crippen molar-refractivity contribution in [2.75, 3.05) is 0 Å². The third-order valence-electron chi connectivity index (χ3n) is 3.32. The van der Waals surface area contributed by atoms with Gasteiger partial charge in [-0.3, -0.25) is 0 Å². The van der Waals surface area contributed by atoms with E-state index in [1.54, 1.807) is 0 Å². The van der Waals surface area contributed by atoms with E-state index in [1.807, 2.05) is 0 Å². The van der Waals surface area contributed by atoms with Gasteiger partial charge in [0, 0.05) is 0 Å². The molecule has 0 aliphatic rings. The molecule has 0 N–H and O–H groups in total. The highest BCUT2D eigenvalue weighted by Crippen LogP contribution is 2.38. The molecule has 0 saturated heterocycles. The number of unbranched alkanes of at least 4 members (excludes halogenated alkanes) is 6. The lowest BCUT2D eigenvalue weighted by molar-refractivity contribution is -0.103. The van der Waals surface area contributed by atoms with Crippen molar-refractivity contribution in [2.24, 2.45) is 5.41 Å². The molecular weight excluding hydrogens is 232 g/mol. The van der Waals surface area contributed by atoms with E-state index in [4.69, 9.17) is 0 Å². The molecule has 0 nitrogen and oxygen atoms in total. The van der Waals surface area contributed by atoms with Crippen LogP contribution in [-0.2, 0) is 0 Å². The van der Waals surface area contributed by atoms with E-state index in [0.717, 1.165) is 39.0 Å². The Balaban J connectivity index is 3.70. The predicted molar refractivity (Wildman–Crippen MR) is 62.7 cm³/mol. The Hall–Kier alpha value is -0.280. The standard InChI is InChI=1S/C13H24F4/c1-3-4-5-6-7-8-9-10-13(2,11(14)15)12(16)17/h11-12H,3-10H2,1-2H3. The van der Waals surface area contributed by atoms with Crippen LogP contribution in [0.3, 0.4) is 0 Å². The Kier molecular flexibility index (Phi) is 8.61. The Morgan fingerprint density at radius 2 is 1.18 bits per heavy atom. The van der Waals surface area contributed by atoms with Crippen molar-refractivity contribution < 1.29 is 17.6 Å². The van der Waals surface area contributed by atoms with Gasteiger partial charge in [0.15, 0.2) is 0 Å². The van der Waals surface area contributed by atoms with E-state index in [-0.39, 0.29) is 6.42 Å². The molecule has 0 atom stereocenters. The van der Waals surface area contributed by atoms with Crippen LogP contribution < -0.4 is 0 Å². The van der Waals surface area contributed by atoms with Gasteiger partial charge in [-0.05, 0) is 13.3 Å². The largest absolute Gasteiger partial charge is 0.249 e. The van der Waals surface area contributed by atoms with Crippen molar-refractivity contribution in [2.45, 2.75) is 78.1 Å². The fourth-order valence-electron chi connectivity index (χ4n) is 1.78. The zero-order chi connectivity index (χ0) is 13.3. The third-order valence-corrected chi connectivity index (χ3v) is 3.32. The SMILES string of the molecule is CCCCCCCCCC(C)(C(F)F)C(F)F. The number of halogens is 4. The van der Waals surface area contributed by atoms with E-state index in [9.17, 15) is 17.6 Å². The monoisotopic (exact) mass is 256 g/mol. The van der Waals surface area contributed by atoms with Crippen molar-refractivity contribution in [3.63, 3.8) is 0 Å². The zero-order valence-electron chi connectivity index (χ0n) is 10.8. The summed E-state index contributed by atoms with van der Waals surface area (Å²) >= 11 is 0. The van der Waals surface area contributed by atoms with Gasteiger partial charge in [-0.25, -0.2) is 17.6 Å². The molecule has 104 valence electrons. The second kappa shape index (κ2) is 8.76. The molecule has 0 spiro atoms. The first-order chi connectivity index (χ1) is 7.95. The first-order valence-corrected chi connectivity index (χ1v) is 6.51. The van der Waals surface area contributed by atoms with Gasteiger partial charge in [0.25, 0.3) is 0 Å². The van der Waals surface area contributed by atoms with Crippen LogP contribution >= 0.6 is 0 Å². The number of hydrogen-bond acceptors (Lipinski definition) is 0. The number of hydrogen-bond donors (Lipinski definition) is 0. The summed E-state index contributed by atoms with van der Waals surface area (Å²) in [6, 6.07) is 0. The van der Waals surface area contributed by atoms with Gasteiger partial charge in [-0.15, -0.1) is 0 Å². The third kappa shape index (κ3) is 6.27. The summed E-state index contributed by atoms with van der Waals surface area (Å²) in [5, 5.41) is 0. The molecule has 17 heavy (non-hydrogen) atoms. The molecule has 0 fully saturated rings. The molecule has 0 radical (unpaired) electrons. The molecule has 4 heteroatoms. The molecule has 0 aromatic heterocycles. The zero-order valence-corrected chi connectivity index (χ0v) is 10.8. The predicted octanol–water partition coefficient (Wildman–Crippen LogP) is 5.66. The second-order valence-electron chi connectivity index (χ2n) is 4.98. The fraction of sp³-hybridized carbons (Fsp3) is 1.00. The Morgan fingerprint density at radius 3 is 1.59 bits per heavy atom. The van der Waals surface area contributed by atoms with Crippen LogP contribution in [0.1, 0.15) is 65.2 Å². The van der Waals surface area contributed by atoms with Crippen molar-refractivity contribution in [3.05, 3.63) is 0 Å². The molecule has 0 saturated carbocycles. The molecule has 0 bridgehead atoms. The molecular formula is C13H24F4. The number of rotatable bonds is 10. The van der Waals surface area contributed by atoms with Crippen molar-refractivity contribution in [3.8, 4) is 0 Å². The average molecular weight is 256 g/mol. The van der Waals surface area contributed by atoms with E-state index in [2.05, 4.69) is 6.92 Å². The van der Waals surface area contributed by atoms with Gasteiger partial charge in [-0.2, -0.15) is 0 Å². The molecule has 0 aliphatic heterocycles. The molecule has 0 rings (SSSR count). The van der Waals surface area contributed by atoms with Gasteiger partial charge in [0.2, 0.25) is 12.9 Å². The minimum atomic E-state index is -2.94. The van der Waals surface area contributed by atoms with Crippen LogP contribution in [0.2, 0.25) is 0 Å². The first-order valence-electron chi connectivity index (χ1n) is 6.51.